The Balaban J connectivity index is 2.37. The van der Waals surface area contributed by atoms with E-state index in [9.17, 15) is 0 Å². The third kappa shape index (κ3) is 2.49. The number of rotatable bonds is 4. The highest BCUT2D eigenvalue weighted by atomic mass is 32.1. The largest absolute Gasteiger partial charge is 0.368 e. The van der Waals surface area contributed by atoms with Crippen molar-refractivity contribution in [2.75, 3.05) is 11.1 Å². The molecule has 17 heavy (non-hydrogen) atoms. The van der Waals surface area contributed by atoms with Gasteiger partial charge in [0, 0.05) is 6.04 Å². The molecule has 0 fully saturated rings. The summed E-state index contributed by atoms with van der Waals surface area (Å²) < 4.78 is 1.08. The van der Waals surface area contributed by atoms with Gasteiger partial charge < -0.3 is 11.1 Å². The molecule has 0 amide bonds. The van der Waals surface area contributed by atoms with Crippen molar-refractivity contribution in [3.8, 4) is 0 Å². The average Bonchev–Trinajstić information content (AvgIpc) is 2.72. The molecule has 3 N–H and O–H groups in total. The highest BCUT2D eigenvalue weighted by molar-refractivity contribution is 7.17. The fraction of sp³-hybridized carbons (Fsp3) is 0.500. The van der Waals surface area contributed by atoms with Gasteiger partial charge in [-0.15, -0.1) is 11.3 Å². The summed E-state index contributed by atoms with van der Waals surface area (Å²) in [5.74, 6) is 1.76. The van der Waals surface area contributed by atoms with Gasteiger partial charge in [-0.25, -0.2) is 4.98 Å². The lowest BCUT2D eigenvalue weighted by Crippen LogP contribution is -2.25. The molecule has 1 atom stereocenters. The smallest absolute Gasteiger partial charge is 0.222 e. The number of hydrogen-bond acceptors (Lipinski definition) is 5. The van der Waals surface area contributed by atoms with E-state index >= 15 is 0 Å². The van der Waals surface area contributed by atoms with Crippen LogP contribution in [0.3, 0.4) is 0 Å². The topological polar surface area (TPSA) is 63.8 Å². The molecule has 2 aromatic rings. The van der Waals surface area contributed by atoms with Gasteiger partial charge in [0.05, 0.1) is 10.2 Å². The first-order valence-electron chi connectivity index (χ1n) is 5.89. The molecule has 0 aliphatic carbocycles. The Hall–Kier alpha value is -1.36. The molecule has 4 nitrogen and oxygen atoms in total. The van der Waals surface area contributed by atoms with Crippen LogP contribution >= 0.6 is 11.3 Å². The minimum atomic E-state index is 0.331. The third-order valence-electron chi connectivity index (χ3n) is 2.89. The monoisotopic (exact) mass is 250 g/mol. The maximum absolute atomic E-state index is 5.72. The van der Waals surface area contributed by atoms with Gasteiger partial charge in [0.25, 0.3) is 0 Å². The molecule has 0 aliphatic heterocycles. The minimum Gasteiger partial charge on any atom is -0.368 e. The van der Waals surface area contributed by atoms with E-state index in [1.165, 1.54) is 0 Å². The first-order valence-corrected chi connectivity index (χ1v) is 6.77. The SMILES string of the molecule is CCC(Nc1nc(N)nc2ccsc12)C(C)C. The summed E-state index contributed by atoms with van der Waals surface area (Å²) in [7, 11) is 0. The van der Waals surface area contributed by atoms with Crippen LogP contribution in [0.5, 0.6) is 0 Å². The highest BCUT2D eigenvalue weighted by Gasteiger charge is 2.14. The van der Waals surface area contributed by atoms with Crippen molar-refractivity contribution in [1.82, 2.24) is 9.97 Å². The molecule has 0 aliphatic rings. The Kier molecular flexibility index (Phi) is 3.47. The van der Waals surface area contributed by atoms with Crippen LogP contribution in [-0.4, -0.2) is 16.0 Å². The van der Waals surface area contributed by atoms with Crippen LogP contribution in [0.25, 0.3) is 10.2 Å². The van der Waals surface area contributed by atoms with Crippen LogP contribution in [0.1, 0.15) is 27.2 Å². The molecule has 0 radical (unpaired) electrons. The van der Waals surface area contributed by atoms with Crippen LogP contribution in [0.4, 0.5) is 11.8 Å². The highest BCUT2D eigenvalue weighted by Crippen LogP contribution is 2.28. The van der Waals surface area contributed by atoms with E-state index in [0.717, 1.165) is 22.5 Å². The normalized spacial score (nSPS) is 13.2. The van der Waals surface area contributed by atoms with Gasteiger partial charge in [0.2, 0.25) is 5.95 Å². The first-order chi connectivity index (χ1) is 8.11. The molecule has 0 aromatic carbocycles. The van der Waals surface area contributed by atoms with Crippen molar-refractivity contribution in [2.24, 2.45) is 5.92 Å². The summed E-state index contributed by atoms with van der Waals surface area (Å²) in [5.41, 5.74) is 6.64. The summed E-state index contributed by atoms with van der Waals surface area (Å²) in [6.07, 6.45) is 1.06. The van der Waals surface area contributed by atoms with E-state index in [0.29, 0.717) is 17.9 Å². The molecule has 1 unspecified atom stereocenters. The van der Waals surface area contributed by atoms with Crippen molar-refractivity contribution in [3.05, 3.63) is 11.4 Å². The van der Waals surface area contributed by atoms with Gasteiger partial charge in [-0.1, -0.05) is 20.8 Å². The summed E-state index contributed by atoms with van der Waals surface area (Å²) in [6.45, 7) is 6.59. The molecule has 0 spiro atoms. The maximum atomic E-state index is 5.72. The number of anilines is 2. The molecule has 92 valence electrons. The van der Waals surface area contributed by atoms with Gasteiger partial charge in [0.1, 0.15) is 5.82 Å². The van der Waals surface area contributed by atoms with Crippen molar-refractivity contribution in [1.29, 1.82) is 0 Å². The molecule has 2 heterocycles. The van der Waals surface area contributed by atoms with Crippen molar-refractivity contribution < 1.29 is 0 Å². The number of nitrogens with two attached hydrogens (primary N) is 1. The number of thiophene rings is 1. The molecule has 0 saturated heterocycles. The van der Waals surface area contributed by atoms with Gasteiger partial charge >= 0.3 is 0 Å². The second-order valence-corrected chi connectivity index (χ2v) is 5.38. The third-order valence-corrected chi connectivity index (χ3v) is 3.80. The molecule has 5 heteroatoms. The number of fused-ring (bicyclic) bond motifs is 1. The van der Waals surface area contributed by atoms with E-state index in [1.54, 1.807) is 11.3 Å². The van der Waals surface area contributed by atoms with Gasteiger partial charge in [0.15, 0.2) is 0 Å². The number of nitrogen functional groups attached to an aromatic ring is 1. The van der Waals surface area contributed by atoms with Crippen LogP contribution in [-0.2, 0) is 0 Å². The Labute approximate surface area is 105 Å². The van der Waals surface area contributed by atoms with Crippen LogP contribution in [0, 0.1) is 5.92 Å². The summed E-state index contributed by atoms with van der Waals surface area (Å²) in [4.78, 5) is 8.52. The van der Waals surface area contributed by atoms with E-state index in [-0.39, 0.29) is 0 Å². The number of hydrogen-bond donors (Lipinski definition) is 2. The standard InChI is InChI=1S/C12H18N4S/c1-4-8(7(2)3)14-11-10-9(5-6-17-10)15-12(13)16-11/h5-8H,4H2,1-3H3,(H3,13,14,15,16). The molecular weight excluding hydrogens is 232 g/mol. The van der Waals surface area contributed by atoms with Crippen molar-refractivity contribution >= 4 is 33.3 Å². The Morgan fingerprint density at radius 2 is 2.18 bits per heavy atom. The van der Waals surface area contributed by atoms with Crippen molar-refractivity contribution in [3.63, 3.8) is 0 Å². The minimum absolute atomic E-state index is 0.331. The van der Waals surface area contributed by atoms with E-state index < -0.39 is 0 Å². The maximum Gasteiger partial charge on any atom is 0.222 e. The number of nitrogens with one attached hydrogen (secondary N) is 1. The zero-order valence-electron chi connectivity index (χ0n) is 10.4. The fourth-order valence-corrected chi connectivity index (χ4v) is 2.68. The summed E-state index contributed by atoms with van der Waals surface area (Å²) in [6, 6.07) is 2.38. The second kappa shape index (κ2) is 4.87. The lowest BCUT2D eigenvalue weighted by molar-refractivity contribution is 0.510. The fourth-order valence-electron chi connectivity index (χ4n) is 1.90. The number of aromatic nitrogens is 2. The summed E-state index contributed by atoms with van der Waals surface area (Å²) in [5, 5.41) is 5.49. The van der Waals surface area contributed by atoms with Crippen LogP contribution < -0.4 is 11.1 Å². The molecular formula is C12H18N4S. The van der Waals surface area contributed by atoms with Gasteiger partial charge in [-0.2, -0.15) is 4.98 Å². The van der Waals surface area contributed by atoms with Crippen LogP contribution in [0.2, 0.25) is 0 Å². The van der Waals surface area contributed by atoms with E-state index in [1.807, 2.05) is 11.4 Å². The van der Waals surface area contributed by atoms with E-state index in [4.69, 9.17) is 5.73 Å². The molecule has 0 saturated carbocycles. The zero-order valence-corrected chi connectivity index (χ0v) is 11.2. The van der Waals surface area contributed by atoms with Crippen LogP contribution in [0.15, 0.2) is 11.4 Å². The Bertz CT molecular complexity index is 506. The van der Waals surface area contributed by atoms with Crippen molar-refractivity contribution in [2.45, 2.75) is 33.2 Å². The van der Waals surface area contributed by atoms with Gasteiger partial charge in [-0.3, -0.25) is 0 Å². The number of nitrogens with zero attached hydrogens (tertiary/aromatic N) is 2. The lowest BCUT2D eigenvalue weighted by Gasteiger charge is -2.21. The quantitative estimate of drug-likeness (QED) is 0.875. The second-order valence-electron chi connectivity index (χ2n) is 4.47. The zero-order chi connectivity index (χ0) is 12.4. The Morgan fingerprint density at radius 3 is 2.82 bits per heavy atom. The first kappa shape index (κ1) is 12.1. The predicted octanol–water partition coefficient (Wildman–Crippen LogP) is 3.12. The average molecular weight is 250 g/mol. The van der Waals surface area contributed by atoms with E-state index in [2.05, 4.69) is 36.1 Å². The Morgan fingerprint density at radius 1 is 1.41 bits per heavy atom. The van der Waals surface area contributed by atoms with Gasteiger partial charge in [-0.05, 0) is 23.8 Å². The summed E-state index contributed by atoms with van der Waals surface area (Å²) >= 11 is 1.64. The molecule has 2 aromatic heterocycles. The molecule has 0 bridgehead atoms. The molecule has 2 rings (SSSR count). The lowest BCUT2D eigenvalue weighted by atomic mass is 10.0. The predicted molar refractivity (Wildman–Crippen MR) is 74.4 cm³/mol.